The van der Waals surface area contributed by atoms with E-state index in [9.17, 15) is 4.79 Å². The molecule has 0 radical (unpaired) electrons. The number of benzene rings is 1. The first-order chi connectivity index (χ1) is 11.4. The number of carbonyl (C=O) groups is 1. The molecule has 4 heteroatoms. The van der Waals surface area contributed by atoms with Gasteiger partial charge in [-0.05, 0) is 70.1 Å². The number of fused-ring (bicyclic) bond motifs is 3. The van der Waals surface area contributed by atoms with Crippen LogP contribution < -0.4 is 4.74 Å². The predicted octanol–water partition coefficient (Wildman–Crippen LogP) is 4.47. The lowest BCUT2D eigenvalue weighted by molar-refractivity contribution is 0.0177. The minimum Gasteiger partial charge on any atom is -0.488 e. The molecule has 0 aromatic heterocycles. The summed E-state index contributed by atoms with van der Waals surface area (Å²) in [5, 5.41) is 0. The molecule has 1 aromatic carbocycles. The second kappa shape index (κ2) is 6.66. The van der Waals surface area contributed by atoms with Crippen molar-refractivity contribution in [1.82, 2.24) is 4.90 Å². The van der Waals surface area contributed by atoms with Crippen molar-refractivity contribution in [3.63, 3.8) is 0 Å². The zero-order valence-corrected chi connectivity index (χ0v) is 15.4. The van der Waals surface area contributed by atoms with Crippen molar-refractivity contribution in [3.8, 4) is 5.75 Å². The van der Waals surface area contributed by atoms with E-state index in [-0.39, 0.29) is 12.2 Å². The van der Waals surface area contributed by atoms with E-state index in [4.69, 9.17) is 9.47 Å². The summed E-state index contributed by atoms with van der Waals surface area (Å²) in [4.78, 5) is 14.5. The molecular weight excluding hydrogens is 302 g/mol. The van der Waals surface area contributed by atoms with E-state index < -0.39 is 5.60 Å². The Kier molecular flexibility index (Phi) is 4.75. The Morgan fingerprint density at radius 3 is 2.71 bits per heavy atom. The standard InChI is InChI=1S/C20H29NO3/c1-5-15-12-21(19(22)24-20(2,3)4)13-17-16-9-7-6-8-14(16)10-11-18(17)23-15/h10-11,15H,5-9,12-13H2,1-4H3/t15-/m1/s1. The molecule has 0 fully saturated rings. The van der Waals surface area contributed by atoms with Gasteiger partial charge in [0.05, 0.1) is 13.1 Å². The minimum absolute atomic E-state index is 0.0143. The maximum atomic E-state index is 12.7. The summed E-state index contributed by atoms with van der Waals surface area (Å²) in [7, 11) is 0. The van der Waals surface area contributed by atoms with Gasteiger partial charge in [-0.1, -0.05) is 13.0 Å². The van der Waals surface area contributed by atoms with Gasteiger partial charge in [-0.25, -0.2) is 4.79 Å². The Morgan fingerprint density at radius 1 is 1.25 bits per heavy atom. The fourth-order valence-corrected chi connectivity index (χ4v) is 3.56. The lowest BCUT2D eigenvalue weighted by Crippen LogP contribution is -2.40. The monoisotopic (exact) mass is 331 g/mol. The van der Waals surface area contributed by atoms with Crippen LogP contribution in [0.3, 0.4) is 0 Å². The Morgan fingerprint density at radius 2 is 2.00 bits per heavy atom. The van der Waals surface area contributed by atoms with Crippen LogP contribution in [0.25, 0.3) is 0 Å². The van der Waals surface area contributed by atoms with Crippen molar-refractivity contribution in [1.29, 1.82) is 0 Å². The zero-order chi connectivity index (χ0) is 17.3. The van der Waals surface area contributed by atoms with Gasteiger partial charge < -0.3 is 14.4 Å². The first-order valence-electron chi connectivity index (χ1n) is 9.15. The molecule has 1 heterocycles. The van der Waals surface area contributed by atoms with Crippen molar-refractivity contribution in [2.45, 2.75) is 78.0 Å². The zero-order valence-electron chi connectivity index (χ0n) is 15.4. The van der Waals surface area contributed by atoms with Gasteiger partial charge in [0.15, 0.2) is 0 Å². The SMILES string of the molecule is CC[C@@H]1CN(C(=O)OC(C)(C)C)Cc2c(ccc3c2CCCC3)O1. The summed E-state index contributed by atoms with van der Waals surface area (Å²) in [6.07, 6.45) is 5.32. The molecule has 0 bridgehead atoms. The Labute approximate surface area is 145 Å². The maximum Gasteiger partial charge on any atom is 0.410 e. The summed E-state index contributed by atoms with van der Waals surface area (Å²) in [5.41, 5.74) is 3.52. The fourth-order valence-electron chi connectivity index (χ4n) is 3.56. The normalized spacial score (nSPS) is 20.5. The van der Waals surface area contributed by atoms with E-state index in [1.807, 2.05) is 25.7 Å². The summed E-state index contributed by atoms with van der Waals surface area (Å²) in [5.74, 6) is 0.952. The highest BCUT2D eigenvalue weighted by atomic mass is 16.6. The molecule has 1 aromatic rings. The summed E-state index contributed by atoms with van der Waals surface area (Å²) < 4.78 is 11.8. The lowest BCUT2D eigenvalue weighted by Gasteiger charge is -2.28. The highest BCUT2D eigenvalue weighted by Crippen LogP contribution is 2.35. The molecular formula is C20H29NO3. The van der Waals surface area contributed by atoms with Crippen LogP contribution in [0.5, 0.6) is 5.75 Å². The van der Waals surface area contributed by atoms with E-state index in [1.165, 1.54) is 29.5 Å². The van der Waals surface area contributed by atoms with Gasteiger partial charge in [-0.3, -0.25) is 0 Å². The summed E-state index contributed by atoms with van der Waals surface area (Å²) >= 11 is 0. The Bertz CT molecular complexity index is 618. The fraction of sp³-hybridized carbons (Fsp3) is 0.650. The molecule has 2 aliphatic rings. The molecule has 4 nitrogen and oxygen atoms in total. The number of aryl methyl sites for hydroxylation is 1. The second-order valence-corrected chi connectivity index (χ2v) is 7.90. The molecule has 1 aliphatic carbocycles. The van der Waals surface area contributed by atoms with Gasteiger partial charge in [-0.2, -0.15) is 0 Å². The highest BCUT2D eigenvalue weighted by molar-refractivity contribution is 5.69. The van der Waals surface area contributed by atoms with Crippen LogP contribution in [-0.2, 0) is 24.1 Å². The van der Waals surface area contributed by atoms with E-state index >= 15 is 0 Å². The van der Waals surface area contributed by atoms with Gasteiger partial charge in [0, 0.05) is 5.56 Å². The Hall–Kier alpha value is -1.71. The third-order valence-corrected chi connectivity index (χ3v) is 4.78. The van der Waals surface area contributed by atoms with Crippen LogP contribution in [0.15, 0.2) is 12.1 Å². The van der Waals surface area contributed by atoms with Crippen molar-refractivity contribution >= 4 is 6.09 Å². The van der Waals surface area contributed by atoms with Crippen LogP contribution in [0.4, 0.5) is 4.79 Å². The predicted molar refractivity (Wildman–Crippen MR) is 94.4 cm³/mol. The molecule has 0 spiro atoms. The molecule has 132 valence electrons. The van der Waals surface area contributed by atoms with Crippen LogP contribution in [0.2, 0.25) is 0 Å². The quantitative estimate of drug-likeness (QED) is 0.762. The van der Waals surface area contributed by atoms with Gasteiger partial charge in [0.2, 0.25) is 0 Å². The topological polar surface area (TPSA) is 38.8 Å². The van der Waals surface area contributed by atoms with Crippen LogP contribution >= 0.6 is 0 Å². The molecule has 0 saturated heterocycles. The Balaban J connectivity index is 1.93. The van der Waals surface area contributed by atoms with Crippen molar-refractivity contribution in [2.24, 2.45) is 0 Å². The number of amides is 1. The average Bonchev–Trinajstić information content (AvgIpc) is 2.72. The van der Waals surface area contributed by atoms with Gasteiger partial charge >= 0.3 is 6.09 Å². The third-order valence-electron chi connectivity index (χ3n) is 4.78. The summed E-state index contributed by atoms with van der Waals surface area (Å²) in [6.45, 7) is 8.99. The van der Waals surface area contributed by atoms with Gasteiger partial charge in [-0.15, -0.1) is 0 Å². The number of ether oxygens (including phenoxy) is 2. The van der Waals surface area contributed by atoms with E-state index in [0.717, 1.165) is 25.0 Å². The number of hydrogen-bond donors (Lipinski definition) is 0. The molecule has 0 unspecified atom stereocenters. The summed E-state index contributed by atoms with van der Waals surface area (Å²) in [6, 6.07) is 4.31. The third kappa shape index (κ3) is 3.68. The molecule has 1 atom stereocenters. The van der Waals surface area contributed by atoms with Crippen LogP contribution in [0, 0.1) is 0 Å². The van der Waals surface area contributed by atoms with Crippen molar-refractivity contribution in [3.05, 3.63) is 28.8 Å². The van der Waals surface area contributed by atoms with E-state index in [2.05, 4.69) is 19.1 Å². The lowest BCUT2D eigenvalue weighted by atomic mass is 9.87. The number of hydrogen-bond acceptors (Lipinski definition) is 3. The molecule has 3 rings (SSSR count). The molecule has 24 heavy (non-hydrogen) atoms. The van der Waals surface area contributed by atoms with Crippen LogP contribution in [-0.4, -0.2) is 29.2 Å². The first kappa shape index (κ1) is 17.1. The molecule has 0 N–H and O–H groups in total. The van der Waals surface area contributed by atoms with Crippen LogP contribution in [0.1, 0.15) is 63.6 Å². The molecule has 0 saturated carbocycles. The highest BCUT2D eigenvalue weighted by Gasteiger charge is 2.30. The molecule has 1 aliphatic heterocycles. The van der Waals surface area contributed by atoms with Gasteiger partial charge in [0.1, 0.15) is 17.5 Å². The van der Waals surface area contributed by atoms with Gasteiger partial charge in [0.25, 0.3) is 0 Å². The smallest absolute Gasteiger partial charge is 0.410 e. The van der Waals surface area contributed by atoms with E-state index in [1.54, 1.807) is 0 Å². The van der Waals surface area contributed by atoms with Crippen molar-refractivity contribution < 1.29 is 14.3 Å². The largest absolute Gasteiger partial charge is 0.488 e. The maximum absolute atomic E-state index is 12.7. The first-order valence-corrected chi connectivity index (χ1v) is 9.15. The minimum atomic E-state index is -0.481. The van der Waals surface area contributed by atoms with Crippen molar-refractivity contribution in [2.75, 3.05) is 6.54 Å². The van der Waals surface area contributed by atoms with E-state index in [0.29, 0.717) is 13.1 Å². The molecule has 1 amide bonds. The number of rotatable bonds is 1. The average molecular weight is 331 g/mol. The number of carbonyl (C=O) groups excluding carboxylic acids is 1. The number of nitrogens with zero attached hydrogens (tertiary/aromatic N) is 1. The second-order valence-electron chi connectivity index (χ2n) is 7.90.